The normalized spacial score (nSPS) is 29.3. The third-order valence-electron chi connectivity index (χ3n) is 3.78. The summed E-state index contributed by atoms with van der Waals surface area (Å²) in [5.41, 5.74) is 5.36. The highest BCUT2D eigenvalue weighted by Crippen LogP contribution is 2.21. The zero-order valence-electron chi connectivity index (χ0n) is 10.2. The largest absolute Gasteiger partial charge is 0.368 e. The molecular weight excluding hydrogens is 218 g/mol. The Bertz CT molecular complexity index is 300. The standard InChI is InChI=1S/C12H21N3O2/c13-12(17)10-3-1-2-6-15(10)11(16)7-9-4-5-14-8-9/h9-10,14H,1-8H2,(H2,13,17). The maximum absolute atomic E-state index is 12.2. The summed E-state index contributed by atoms with van der Waals surface area (Å²) in [6.07, 6.45) is 4.31. The highest BCUT2D eigenvalue weighted by Gasteiger charge is 2.31. The average molecular weight is 239 g/mol. The first kappa shape index (κ1) is 12.4. The molecule has 0 radical (unpaired) electrons. The van der Waals surface area contributed by atoms with E-state index in [0.29, 0.717) is 18.9 Å². The maximum Gasteiger partial charge on any atom is 0.240 e. The summed E-state index contributed by atoms with van der Waals surface area (Å²) in [5.74, 6) is 0.169. The van der Waals surface area contributed by atoms with Crippen molar-refractivity contribution in [1.29, 1.82) is 0 Å². The highest BCUT2D eigenvalue weighted by atomic mass is 16.2. The number of nitrogens with one attached hydrogen (secondary N) is 1. The zero-order valence-corrected chi connectivity index (χ0v) is 10.2. The Balaban J connectivity index is 1.93. The van der Waals surface area contributed by atoms with Gasteiger partial charge in [0.15, 0.2) is 0 Å². The second-order valence-corrected chi connectivity index (χ2v) is 5.06. The SMILES string of the molecule is NC(=O)C1CCCCN1C(=O)CC1CCNC1. The lowest BCUT2D eigenvalue weighted by atomic mass is 9.98. The van der Waals surface area contributed by atoms with E-state index in [1.54, 1.807) is 4.90 Å². The van der Waals surface area contributed by atoms with Gasteiger partial charge in [0, 0.05) is 13.0 Å². The fourth-order valence-electron chi connectivity index (χ4n) is 2.78. The van der Waals surface area contributed by atoms with E-state index in [-0.39, 0.29) is 17.9 Å². The molecule has 2 aliphatic heterocycles. The van der Waals surface area contributed by atoms with Crippen LogP contribution in [0.15, 0.2) is 0 Å². The molecular formula is C12H21N3O2. The number of piperidine rings is 1. The predicted molar refractivity (Wildman–Crippen MR) is 64.1 cm³/mol. The van der Waals surface area contributed by atoms with Gasteiger partial charge in [-0.3, -0.25) is 9.59 Å². The van der Waals surface area contributed by atoms with Crippen molar-refractivity contribution in [2.45, 2.75) is 38.1 Å². The van der Waals surface area contributed by atoms with Crippen molar-refractivity contribution in [2.24, 2.45) is 11.7 Å². The lowest BCUT2D eigenvalue weighted by Gasteiger charge is -2.34. The molecule has 2 atom stereocenters. The number of carbonyl (C=O) groups excluding carboxylic acids is 2. The van der Waals surface area contributed by atoms with Crippen molar-refractivity contribution in [3.8, 4) is 0 Å². The summed E-state index contributed by atoms with van der Waals surface area (Å²) in [5, 5.41) is 3.25. The molecule has 2 fully saturated rings. The molecule has 5 heteroatoms. The number of amides is 2. The van der Waals surface area contributed by atoms with Crippen LogP contribution in [-0.2, 0) is 9.59 Å². The molecule has 17 heavy (non-hydrogen) atoms. The first-order valence-electron chi connectivity index (χ1n) is 6.48. The van der Waals surface area contributed by atoms with E-state index in [0.717, 1.165) is 38.8 Å². The molecule has 0 bridgehead atoms. The molecule has 0 spiro atoms. The van der Waals surface area contributed by atoms with Crippen LogP contribution in [0.3, 0.4) is 0 Å². The Hall–Kier alpha value is -1.10. The van der Waals surface area contributed by atoms with Crippen LogP contribution in [-0.4, -0.2) is 42.4 Å². The van der Waals surface area contributed by atoms with Crippen LogP contribution < -0.4 is 11.1 Å². The minimum Gasteiger partial charge on any atom is -0.368 e. The summed E-state index contributed by atoms with van der Waals surface area (Å²) in [6.45, 7) is 2.60. The van der Waals surface area contributed by atoms with Gasteiger partial charge in [0.1, 0.15) is 6.04 Å². The molecule has 0 aromatic heterocycles. The van der Waals surface area contributed by atoms with Crippen molar-refractivity contribution in [3.05, 3.63) is 0 Å². The molecule has 2 amide bonds. The van der Waals surface area contributed by atoms with Crippen molar-refractivity contribution < 1.29 is 9.59 Å². The number of hydrogen-bond donors (Lipinski definition) is 2. The van der Waals surface area contributed by atoms with Crippen LogP contribution in [0.2, 0.25) is 0 Å². The Kier molecular flexibility index (Phi) is 3.99. The molecule has 96 valence electrons. The van der Waals surface area contributed by atoms with E-state index in [4.69, 9.17) is 5.73 Å². The molecule has 2 heterocycles. The van der Waals surface area contributed by atoms with Gasteiger partial charge >= 0.3 is 0 Å². The molecule has 0 aliphatic carbocycles. The molecule has 2 saturated heterocycles. The van der Waals surface area contributed by atoms with Gasteiger partial charge in [0.2, 0.25) is 11.8 Å². The Morgan fingerprint density at radius 2 is 2.12 bits per heavy atom. The van der Waals surface area contributed by atoms with Crippen LogP contribution >= 0.6 is 0 Å². The topological polar surface area (TPSA) is 75.4 Å². The lowest BCUT2D eigenvalue weighted by molar-refractivity contribution is -0.141. The van der Waals surface area contributed by atoms with Gasteiger partial charge in [0.05, 0.1) is 0 Å². The van der Waals surface area contributed by atoms with Gasteiger partial charge in [-0.15, -0.1) is 0 Å². The average Bonchev–Trinajstić information content (AvgIpc) is 2.81. The van der Waals surface area contributed by atoms with Gasteiger partial charge in [-0.25, -0.2) is 0 Å². The molecule has 2 rings (SSSR count). The Morgan fingerprint density at radius 3 is 2.76 bits per heavy atom. The minimum atomic E-state index is -0.370. The van der Waals surface area contributed by atoms with Crippen LogP contribution in [0.1, 0.15) is 32.1 Å². The number of rotatable bonds is 3. The predicted octanol–water partition coefficient (Wildman–Crippen LogP) is -0.148. The van der Waals surface area contributed by atoms with E-state index in [1.165, 1.54) is 0 Å². The third-order valence-corrected chi connectivity index (χ3v) is 3.78. The van der Waals surface area contributed by atoms with E-state index in [1.807, 2.05) is 0 Å². The Morgan fingerprint density at radius 1 is 1.29 bits per heavy atom. The molecule has 2 aliphatic rings. The number of hydrogen-bond acceptors (Lipinski definition) is 3. The maximum atomic E-state index is 12.2. The smallest absolute Gasteiger partial charge is 0.240 e. The van der Waals surface area contributed by atoms with E-state index < -0.39 is 0 Å². The van der Waals surface area contributed by atoms with Gasteiger partial charge < -0.3 is 16.0 Å². The van der Waals surface area contributed by atoms with Crippen LogP contribution in [0.5, 0.6) is 0 Å². The second-order valence-electron chi connectivity index (χ2n) is 5.06. The van der Waals surface area contributed by atoms with E-state index in [9.17, 15) is 9.59 Å². The molecule has 0 saturated carbocycles. The van der Waals surface area contributed by atoms with Gasteiger partial charge in [-0.1, -0.05) is 0 Å². The fraction of sp³-hybridized carbons (Fsp3) is 0.833. The molecule has 2 unspecified atom stereocenters. The lowest BCUT2D eigenvalue weighted by Crippen LogP contribution is -2.50. The van der Waals surface area contributed by atoms with Crippen molar-refractivity contribution in [3.63, 3.8) is 0 Å². The number of primary amides is 1. The minimum absolute atomic E-state index is 0.0993. The zero-order chi connectivity index (χ0) is 12.3. The van der Waals surface area contributed by atoms with Crippen molar-refractivity contribution in [2.75, 3.05) is 19.6 Å². The summed E-state index contributed by atoms with van der Waals surface area (Å²) >= 11 is 0. The summed E-state index contributed by atoms with van der Waals surface area (Å²) in [4.78, 5) is 25.2. The summed E-state index contributed by atoms with van der Waals surface area (Å²) in [6, 6.07) is -0.370. The van der Waals surface area contributed by atoms with Crippen LogP contribution in [0.25, 0.3) is 0 Å². The number of carbonyl (C=O) groups is 2. The monoisotopic (exact) mass is 239 g/mol. The van der Waals surface area contributed by atoms with E-state index in [2.05, 4.69) is 5.32 Å². The number of nitrogens with two attached hydrogens (primary N) is 1. The molecule has 0 aromatic carbocycles. The number of likely N-dealkylation sites (tertiary alicyclic amines) is 1. The molecule has 3 N–H and O–H groups in total. The highest BCUT2D eigenvalue weighted by molar-refractivity contribution is 5.86. The Labute approximate surface area is 102 Å². The second kappa shape index (κ2) is 5.49. The summed E-state index contributed by atoms with van der Waals surface area (Å²) < 4.78 is 0. The van der Waals surface area contributed by atoms with Gasteiger partial charge in [0.25, 0.3) is 0 Å². The van der Waals surface area contributed by atoms with Gasteiger partial charge in [-0.2, -0.15) is 0 Å². The van der Waals surface area contributed by atoms with E-state index >= 15 is 0 Å². The van der Waals surface area contributed by atoms with Crippen molar-refractivity contribution in [1.82, 2.24) is 10.2 Å². The first-order valence-corrected chi connectivity index (χ1v) is 6.48. The fourth-order valence-corrected chi connectivity index (χ4v) is 2.78. The third kappa shape index (κ3) is 2.97. The van der Waals surface area contributed by atoms with Gasteiger partial charge in [-0.05, 0) is 44.7 Å². The first-order chi connectivity index (χ1) is 8.18. The molecule has 5 nitrogen and oxygen atoms in total. The molecule has 0 aromatic rings. The quantitative estimate of drug-likeness (QED) is 0.719. The summed E-state index contributed by atoms with van der Waals surface area (Å²) in [7, 11) is 0. The van der Waals surface area contributed by atoms with Crippen molar-refractivity contribution >= 4 is 11.8 Å². The van der Waals surface area contributed by atoms with Crippen LogP contribution in [0, 0.1) is 5.92 Å². The number of nitrogens with zero attached hydrogens (tertiary/aromatic N) is 1. The van der Waals surface area contributed by atoms with Crippen LogP contribution in [0.4, 0.5) is 0 Å².